The molecule has 19 heavy (non-hydrogen) atoms. The summed E-state index contributed by atoms with van der Waals surface area (Å²) >= 11 is 8.82. The van der Waals surface area contributed by atoms with Gasteiger partial charge in [-0.3, -0.25) is 0 Å². The van der Waals surface area contributed by atoms with E-state index in [1.54, 1.807) is 29.5 Å². The summed E-state index contributed by atoms with van der Waals surface area (Å²) in [5, 5.41) is 0. The predicted octanol–water partition coefficient (Wildman–Crippen LogP) is 4.71. The molecule has 1 unspecified atom stereocenters. The first-order valence-electron chi connectivity index (χ1n) is 5.49. The minimum Gasteiger partial charge on any atom is -0.224 e. The first kappa shape index (κ1) is 15.2. The maximum atomic E-state index is 11.6. The molecule has 0 bridgehead atoms. The molecule has 0 radical (unpaired) electrons. The Morgan fingerprint density at radius 3 is 2.47 bits per heavy atom. The van der Waals surface area contributed by atoms with Crippen molar-refractivity contribution in [2.45, 2.75) is 16.6 Å². The van der Waals surface area contributed by atoms with Crippen LogP contribution in [-0.2, 0) is 9.84 Å². The Balaban J connectivity index is 2.42. The quantitative estimate of drug-likeness (QED) is 0.670. The molecule has 6 heteroatoms. The summed E-state index contributed by atoms with van der Waals surface area (Å²) in [6.07, 6.45) is 1.22. The Morgan fingerprint density at radius 2 is 1.95 bits per heavy atom. The molecule has 0 amide bonds. The normalized spacial score (nSPS) is 13.5. The number of benzene rings is 1. The van der Waals surface area contributed by atoms with Crippen molar-refractivity contribution < 1.29 is 8.42 Å². The third kappa shape index (κ3) is 3.48. The lowest BCUT2D eigenvalue weighted by molar-refractivity contribution is 0.602. The van der Waals surface area contributed by atoms with E-state index in [0.717, 1.165) is 14.9 Å². The van der Waals surface area contributed by atoms with E-state index in [4.69, 9.17) is 0 Å². The molecular weight excluding hydrogens is 412 g/mol. The second-order valence-corrected chi connectivity index (χ2v) is 9.33. The lowest BCUT2D eigenvalue weighted by atomic mass is 10.1. The van der Waals surface area contributed by atoms with Gasteiger partial charge >= 0.3 is 0 Å². The van der Waals surface area contributed by atoms with E-state index in [2.05, 4.69) is 37.9 Å². The van der Waals surface area contributed by atoms with Crippen LogP contribution in [0.2, 0.25) is 0 Å². The van der Waals surface area contributed by atoms with Crippen LogP contribution in [0, 0.1) is 6.92 Å². The summed E-state index contributed by atoms with van der Waals surface area (Å²) in [4.78, 5) is 2.71. The fraction of sp³-hybridized carbons (Fsp3) is 0.231. The van der Waals surface area contributed by atoms with Crippen molar-refractivity contribution in [3.05, 3.63) is 50.1 Å². The Labute approximate surface area is 134 Å². The molecular formula is C13H12Br2O2S2. The zero-order valence-corrected chi connectivity index (χ0v) is 15.2. The summed E-state index contributed by atoms with van der Waals surface area (Å²) in [7, 11) is -3.17. The number of alkyl halides is 1. The molecule has 0 aliphatic heterocycles. The summed E-state index contributed by atoms with van der Waals surface area (Å²) in [5.41, 5.74) is 0.941. The SMILES string of the molecule is Cc1sc(C(Br)c2cccc(S(C)(=O)=O)c2)cc1Br. The van der Waals surface area contributed by atoms with Crippen molar-refractivity contribution in [3.63, 3.8) is 0 Å². The van der Waals surface area contributed by atoms with Crippen molar-refractivity contribution in [1.29, 1.82) is 0 Å². The molecule has 1 atom stereocenters. The Hall–Kier alpha value is -0.170. The second kappa shape index (κ2) is 5.68. The van der Waals surface area contributed by atoms with Crippen LogP contribution in [0.15, 0.2) is 39.7 Å². The Bertz CT molecular complexity index is 686. The topological polar surface area (TPSA) is 34.1 Å². The lowest BCUT2D eigenvalue weighted by Crippen LogP contribution is -1.99. The van der Waals surface area contributed by atoms with Crippen LogP contribution in [0.3, 0.4) is 0 Å². The average Bonchev–Trinajstić information content (AvgIpc) is 2.68. The average molecular weight is 424 g/mol. The monoisotopic (exact) mass is 422 g/mol. The molecule has 1 aromatic carbocycles. The van der Waals surface area contributed by atoms with Crippen LogP contribution in [0.5, 0.6) is 0 Å². The molecule has 0 saturated heterocycles. The number of hydrogen-bond donors (Lipinski definition) is 0. The van der Waals surface area contributed by atoms with E-state index in [9.17, 15) is 8.42 Å². The van der Waals surface area contributed by atoms with Gasteiger partial charge in [-0.05, 0) is 46.6 Å². The summed E-state index contributed by atoms with van der Waals surface area (Å²) in [6, 6.07) is 9.10. The number of halogens is 2. The van der Waals surface area contributed by atoms with Crippen LogP contribution >= 0.6 is 43.2 Å². The molecule has 0 fully saturated rings. The molecule has 102 valence electrons. The van der Waals surface area contributed by atoms with Gasteiger partial charge in [0.15, 0.2) is 9.84 Å². The summed E-state index contributed by atoms with van der Waals surface area (Å²) in [5.74, 6) is 0. The minimum atomic E-state index is -3.17. The minimum absolute atomic E-state index is 0.00389. The van der Waals surface area contributed by atoms with Crippen LogP contribution in [-0.4, -0.2) is 14.7 Å². The van der Waals surface area contributed by atoms with E-state index < -0.39 is 9.84 Å². The first-order valence-corrected chi connectivity index (χ1v) is 9.90. The predicted molar refractivity (Wildman–Crippen MR) is 87.1 cm³/mol. The zero-order valence-electron chi connectivity index (χ0n) is 10.4. The molecule has 2 nitrogen and oxygen atoms in total. The van der Waals surface area contributed by atoms with Gasteiger partial charge in [0.05, 0.1) is 9.72 Å². The first-order chi connectivity index (χ1) is 8.79. The largest absolute Gasteiger partial charge is 0.224 e. The second-order valence-electron chi connectivity index (χ2n) is 4.26. The van der Waals surface area contributed by atoms with Gasteiger partial charge < -0.3 is 0 Å². The Kier molecular flexibility index (Phi) is 4.55. The van der Waals surface area contributed by atoms with E-state index in [1.807, 2.05) is 13.0 Å². The molecule has 0 aliphatic rings. The number of sulfone groups is 1. The fourth-order valence-electron chi connectivity index (χ4n) is 1.67. The van der Waals surface area contributed by atoms with Gasteiger partial charge in [-0.2, -0.15) is 0 Å². The fourth-order valence-corrected chi connectivity index (χ4v) is 4.61. The standard InChI is InChI=1S/C13H12Br2O2S2/c1-8-11(14)7-12(18-8)13(15)9-4-3-5-10(6-9)19(2,16)17/h3-7,13H,1-2H3. The van der Waals surface area contributed by atoms with Crippen LogP contribution in [0.1, 0.15) is 20.1 Å². The van der Waals surface area contributed by atoms with Crippen molar-refractivity contribution in [2.75, 3.05) is 6.26 Å². The molecule has 0 aliphatic carbocycles. The molecule has 0 spiro atoms. The maximum absolute atomic E-state index is 11.6. The van der Waals surface area contributed by atoms with Crippen LogP contribution < -0.4 is 0 Å². The van der Waals surface area contributed by atoms with Gasteiger partial charge in [-0.1, -0.05) is 28.1 Å². The molecule has 2 aromatic rings. The van der Waals surface area contributed by atoms with Gasteiger partial charge in [0.2, 0.25) is 0 Å². The summed E-state index contributed by atoms with van der Waals surface area (Å²) in [6.45, 7) is 2.05. The summed E-state index contributed by atoms with van der Waals surface area (Å²) < 4.78 is 24.2. The van der Waals surface area contributed by atoms with Gasteiger partial charge in [0.25, 0.3) is 0 Å². The highest BCUT2D eigenvalue weighted by Crippen LogP contribution is 2.39. The molecule has 1 heterocycles. The van der Waals surface area contributed by atoms with Gasteiger partial charge in [-0.25, -0.2) is 8.42 Å². The van der Waals surface area contributed by atoms with Crippen molar-refractivity contribution >= 4 is 53.0 Å². The van der Waals surface area contributed by atoms with E-state index in [-0.39, 0.29) is 4.83 Å². The van der Waals surface area contributed by atoms with E-state index >= 15 is 0 Å². The highest BCUT2D eigenvalue weighted by atomic mass is 79.9. The van der Waals surface area contributed by atoms with Crippen molar-refractivity contribution in [1.82, 2.24) is 0 Å². The Morgan fingerprint density at radius 1 is 1.26 bits per heavy atom. The molecule has 0 N–H and O–H groups in total. The van der Waals surface area contributed by atoms with Crippen LogP contribution in [0.4, 0.5) is 0 Å². The third-order valence-corrected chi connectivity index (χ3v) is 7.34. The van der Waals surface area contributed by atoms with E-state index in [0.29, 0.717) is 4.90 Å². The smallest absolute Gasteiger partial charge is 0.175 e. The number of rotatable bonds is 3. The van der Waals surface area contributed by atoms with E-state index in [1.165, 1.54) is 11.1 Å². The highest BCUT2D eigenvalue weighted by molar-refractivity contribution is 9.10. The number of thiophene rings is 1. The van der Waals surface area contributed by atoms with Gasteiger partial charge in [0, 0.05) is 20.5 Å². The maximum Gasteiger partial charge on any atom is 0.175 e. The lowest BCUT2D eigenvalue weighted by Gasteiger charge is -2.09. The number of hydrogen-bond acceptors (Lipinski definition) is 3. The molecule has 2 rings (SSSR count). The zero-order chi connectivity index (χ0) is 14.2. The highest BCUT2D eigenvalue weighted by Gasteiger charge is 2.16. The van der Waals surface area contributed by atoms with Crippen LogP contribution in [0.25, 0.3) is 0 Å². The molecule has 1 aromatic heterocycles. The van der Waals surface area contributed by atoms with Gasteiger partial charge in [0.1, 0.15) is 0 Å². The van der Waals surface area contributed by atoms with Crippen molar-refractivity contribution in [2.24, 2.45) is 0 Å². The molecule has 0 saturated carbocycles. The van der Waals surface area contributed by atoms with Gasteiger partial charge in [-0.15, -0.1) is 11.3 Å². The number of aryl methyl sites for hydroxylation is 1. The van der Waals surface area contributed by atoms with Crippen molar-refractivity contribution in [3.8, 4) is 0 Å². The third-order valence-electron chi connectivity index (χ3n) is 2.70.